The number of aromatic nitrogens is 3. The normalized spacial score (nSPS) is 16.5. The van der Waals surface area contributed by atoms with Gasteiger partial charge in [-0.2, -0.15) is 0 Å². The fourth-order valence-corrected chi connectivity index (χ4v) is 3.66. The van der Waals surface area contributed by atoms with Crippen LogP contribution in [0.4, 0.5) is 27.3 Å². The maximum atomic E-state index is 13.9. The van der Waals surface area contributed by atoms with Crippen LogP contribution in [0, 0.1) is 10.1 Å². The van der Waals surface area contributed by atoms with Crippen molar-refractivity contribution in [2.75, 3.05) is 29.9 Å². The third kappa shape index (κ3) is 4.33. The zero-order valence-electron chi connectivity index (χ0n) is 17.3. The van der Waals surface area contributed by atoms with Crippen molar-refractivity contribution in [3.05, 3.63) is 64.7 Å². The largest absolute Gasteiger partial charge is 0.364 e. The summed E-state index contributed by atoms with van der Waals surface area (Å²) in [5.41, 5.74) is 1.24. The van der Waals surface area contributed by atoms with Crippen molar-refractivity contribution in [1.29, 1.82) is 0 Å². The number of hydrogen-bond donors (Lipinski definition) is 2. The van der Waals surface area contributed by atoms with Crippen molar-refractivity contribution in [1.82, 2.24) is 19.9 Å². The number of nitrogens with zero attached hydrogens (tertiary/aromatic N) is 5. The molecule has 0 radical (unpaired) electrons. The van der Waals surface area contributed by atoms with Crippen molar-refractivity contribution in [2.24, 2.45) is 0 Å². The molecule has 3 heterocycles. The zero-order valence-corrected chi connectivity index (χ0v) is 17.3. The lowest BCUT2D eigenvalue weighted by Crippen LogP contribution is -2.48. The summed E-state index contributed by atoms with van der Waals surface area (Å²) >= 11 is 0. The number of hydrogen-bond acceptors (Lipinski definition) is 7. The third-order valence-electron chi connectivity index (χ3n) is 5.11. The van der Waals surface area contributed by atoms with Gasteiger partial charge in [0.05, 0.1) is 22.8 Å². The minimum Gasteiger partial charge on any atom is -0.364 e. The smallest absolute Gasteiger partial charge is 0.311 e. The molecule has 0 spiro atoms. The van der Waals surface area contributed by atoms with Gasteiger partial charge in [-0.1, -0.05) is 26.0 Å². The van der Waals surface area contributed by atoms with Crippen molar-refractivity contribution in [3.63, 3.8) is 0 Å². The number of alkyl halides is 1. The molecule has 2 N–H and O–H groups in total. The fourth-order valence-electron chi connectivity index (χ4n) is 3.66. The average Bonchev–Trinajstić information content (AvgIpc) is 3.24. The van der Waals surface area contributed by atoms with Gasteiger partial charge in [-0.25, -0.2) is 14.4 Å². The van der Waals surface area contributed by atoms with Crippen molar-refractivity contribution in [2.45, 2.75) is 26.1 Å². The summed E-state index contributed by atoms with van der Waals surface area (Å²) in [4.78, 5) is 22.0. The summed E-state index contributed by atoms with van der Waals surface area (Å²) in [7, 11) is 0. The molecule has 1 aromatic carbocycles. The highest BCUT2D eigenvalue weighted by atomic mass is 19.1. The van der Waals surface area contributed by atoms with E-state index < -0.39 is 11.2 Å². The summed E-state index contributed by atoms with van der Waals surface area (Å²) in [5, 5.41) is 17.5. The number of pyridine rings is 1. The quantitative estimate of drug-likeness (QED) is 0.352. The molecule has 0 amide bonds. The van der Waals surface area contributed by atoms with E-state index in [9.17, 15) is 14.5 Å². The lowest BCUT2D eigenvalue weighted by molar-refractivity contribution is -0.384. The lowest BCUT2D eigenvalue weighted by Gasteiger charge is -2.33. The Morgan fingerprint density at radius 2 is 2.10 bits per heavy atom. The van der Waals surface area contributed by atoms with E-state index >= 15 is 0 Å². The number of halogens is 1. The molecule has 0 saturated carbocycles. The standard InChI is InChI=1S/C21H24FN7O2/c1-14(2)21-24-10-12-28(21)19-8-7-17(29(30)31)20(26-19)25-15-5-3-4-6-16(15)27-11-9-23-18(22)13-27/h3-8,10,12,14,18,23H,9,11,13H2,1-2H3,(H,25,26). The Balaban J connectivity index is 1.73. The van der Waals surface area contributed by atoms with Gasteiger partial charge in [-0.15, -0.1) is 0 Å². The number of rotatable bonds is 6. The predicted octanol–water partition coefficient (Wildman–Crippen LogP) is 3.75. The van der Waals surface area contributed by atoms with Crippen LogP contribution in [0.3, 0.4) is 0 Å². The van der Waals surface area contributed by atoms with Crippen LogP contribution in [0.5, 0.6) is 0 Å². The fraction of sp³-hybridized carbons (Fsp3) is 0.333. The molecule has 10 heteroatoms. The molecule has 0 bridgehead atoms. The minimum absolute atomic E-state index is 0.116. The molecule has 1 aliphatic heterocycles. The van der Waals surface area contributed by atoms with Gasteiger partial charge in [-0.05, 0) is 18.2 Å². The Kier molecular flexibility index (Phi) is 5.81. The van der Waals surface area contributed by atoms with E-state index in [1.54, 1.807) is 24.5 Å². The highest BCUT2D eigenvalue weighted by Gasteiger charge is 2.23. The molecular weight excluding hydrogens is 401 g/mol. The molecule has 0 aliphatic carbocycles. The van der Waals surface area contributed by atoms with Gasteiger partial charge in [0.25, 0.3) is 0 Å². The molecule has 1 fully saturated rings. The zero-order chi connectivity index (χ0) is 22.0. The first-order chi connectivity index (χ1) is 14.9. The number of nitro groups is 1. The van der Waals surface area contributed by atoms with E-state index in [0.29, 0.717) is 24.6 Å². The molecule has 2 aromatic heterocycles. The summed E-state index contributed by atoms with van der Waals surface area (Å²) in [6, 6.07) is 10.4. The highest BCUT2D eigenvalue weighted by molar-refractivity contribution is 5.77. The number of piperazine rings is 1. The van der Waals surface area contributed by atoms with Gasteiger partial charge in [0.1, 0.15) is 11.6 Å². The van der Waals surface area contributed by atoms with Crippen LogP contribution in [-0.4, -0.2) is 45.4 Å². The lowest BCUT2D eigenvalue weighted by atomic mass is 10.2. The van der Waals surface area contributed by atoms with Crippen molar-refractivity contribution in [3.8, 4) is 5.82 Å². The first-order valence-electron chi connectivity index (χ1n) is 10.1. The van der Waals surface area contributed by atoms with Crippen LogP contribution < -0.4 is 15.5 Å². The molecule has 162 valence electrons. The Morgan fingerprint density at radius 3 is 2.84 bits per heavy atom. The summed E-state index contributed by atoms with van der Waals surface area (Å²) in [6.07, 6.45) is 2.33. The molecule has 1 atom stereocenters. The van der Waals surface area contributed by atoms with E-state index in [1.807, 2.05) is 41.5 Å². The van der Waals surface area contributed by atoms with E-state index in [2.05, 4.69) is 20.6 Å². The molecule has 4 rings (SSSR count). The Labute approximate surface area is 179 Å². The third-order valence-corrected chi connectivity index (χ3v) is 5.11. The van der Waals surface area contributed by atoms with Crippen molar-refractivity contribution >= 4 is 22.9 Å². The molecule has 1 unspecified atom stereocenters. The van der Waals surface area contributed by atoms with Gasteiger partial charge < -0.3 is 10.2 Å². The summed E-state index contributed by atoms with van der Waals surface area (Å²) in [6.45, 7) is 5.38. The number of para-hydroxylation sites is 2. The molecule has 1 saturated heterocycles. The van der Waals surface area contributed by atoms with Crippen LogP contribution >= 0.6 is 0 Å². The number of imidazole rings is 1. The summed E-state index contributed by atoms with van der Waals surface area (Å²) < 4.78 is 15.7. The SMILES string of the molecule is CC(C)c1nccn1-c1ccc([N+](=O)[O-])c(Nc2ccccc2N2CCNC(F)C2)n1. The highest BCUT2D eigenvalue weighted by Crippen LogP contribution is 2.33. The van der Waals surface area contributed by atoms with Gasteiger partial charge in [0.2, 0.25) is 5.82 Å². The van der Waals surface area contributed by atoms with Gasteiger partial charge in [-0.3, -0.25) is 20.0 Å². The molecule has 9 nitrogen and oxygen atoms in total. The molecule has 31 heavy (non-hydrogen) atoms. The second-order valence-electron chi connectivity index (χ2n) is 7.61. The van der Waals surface area contributed by atoms with Gasteiger partial charge in [0.15, 0.2) is 6.30 Å². The summed E-state index contributed by atoms with van der Waals surface area (Å²) in [5.74, 6) is 1.61. The Morgan fingerprint density at radius 1 is 1.29 bits per heavy atom. The van der Waals surface area contributed by atoms with Crippen LogP contribution in [-0.2, 0) is 0 Å². The van der Waals surface area contributed by atoms with Crippen LogP contribution in [0.2, 0.25) is 0 Å². The Hall–Kier alpha value is -3.53. The topological polar surface area (TPSA) is 101 Å². The minimum atomic E-state index is -1.13. The van der Waals surface area contributed by atoms with E-state index in [0.717, 1.165) is 11.5 Å². The van der Waals surface area contributed by atoms with Crippen LogP contribution in [0.1, 0.15) is 25.6 Å². The maximum Gasteiger partial charge on any atom is 0.311 e. The molecule has 3 aromatic rings. The van der Waals surface area contributed by atoms with E-state index in [4.69, 9.17) is 0 Å². The van der Waals surface area contributed by atoms with Gasteiger partial charge in [0, 0.05) is 37.5 Å². The number of nitrogens with one attached hydrogen (secondary N) is 2. The van der Waals surface area contributed by atoms with E-state index in [-0.39, 0.29) is 24.0 Å². The number of benzene rings is 1. The van der Waals surface area contributed by atoms with Gasteiger partial charge >= 0.3 is 5.69 Å². The maximum absolute atomic E-state index is 13.9. The predicted molar refractivity (Wildman–Crippen MR) is 117 cm³/mol. The first-order valence-corrected chi connectivity index (χ1v) is 10.1. The first kappa shape index (κ1) is 20.7. The Bertz CT molecular complexity index is 1090. The molecule has 1 aliphatic rings. The second-order valence-corrected chi connectivity index (χ2v) is 7.61. The average molecular weight is 425 g/mol. The monoisotopic (exact) mass is 425 g/mol. The number of anilines is 3. The van der Waals surface area contributed by atoms with Crippen LogP contribution in [0.15, 0.2) is 48.8 Å². The second kappa shape index (κ2) is 8.68. The van der Waals surface area contributed by atoms with E-state index in [1.165, 1.54) is 6.07 Å². The van der Waals surface area contributed by atoms with Crippen molar-refractivity contribution < 1.29 is 9.31 Å². The van der Waals surface area contributed by atoms with Crippen LogP contribution in [0.25, 0.3) is 5.82 Å². The molecular formula is C21H24FN7O2.